The van der Waals surface area contributed by atoms with Gasteiger partial charge in [0.2, 0.25) is 0 Å². The first-order chi connectivity index (χ1) is 15.7. The molecule has 0 aliphatic rings. The molecule has 5 aromatic rings. The highest BCUT2D eigenvalue weighted by Crippen LogP contribution is 2.36. The number of benzene rings is 2. The SMILES string of the molecule is CCOc1cccc2cc(C(=O)N(Cc3ccco3)c3nc4c(OC)cccc4s3)oc12. The van der Waals surface area contributed by atoms with Crippen molar-refractivity contribution in [3.63, 3.8) is 0 Å². The van der Waals surface area contributed by atoms with Crippen LogP contribution in [0.5, 0.6) is 11.5 Å². The number of carbonyl (C=O) groups is 1. The molecule has 0 atom stereocenters. The Morgan fingerprint density at radius 1 is 1.12 bits per heavy atom. The van der Waals surface area contributed by atoms with E-state index in [4.69, 9.17) is 23.3 Å². The van der Waals surface area contributed by atoms with E-state index in [-0.39, 0.29) is 18.2 Å². The third kappa shape index (κ3) is 3.58. The number of hydrogen-bond donors (Lipinski definition) is 0. The van der Waals surface area contributed by atoms with Crippen molar-refractivity contribution in [2.24, 2.45) is 0 Å². The van der Waals surface area contributed by atoms with Crippen LogP contribution in [0, 0.1) is 0 Å². The van der Waals surface area contributed by atoms with E-state index >= 15 is 0 Å². The number of thiazole rings is 1. The van der Waals surface area contributed by atoms with Gasteiger partial charge in [-0.1, -0.05) is 29.5 Å². The number of nitrogens with zero attached hydrogens (tertiary/aromatic N) is 2. The highest BCUT2D eigenvalue weighted by atomic mass is 32.1. The summed E-state index contributed by atoms with van der Waals surface area (Å²) in [7, 11) is 1.60. The summed E-state index contributed by atoms with van der Waals surface area (Å²) in [6.45, 7) is 2.62. The molecule has 0 saturated carbocycles. The molecule has 2 aromatic carbocycles. The largest absolute Gasteiger partial charge is 0.494 e. The van der Waals surface area contributed by atoms with Gasteiger partial charge in [-0.2, -0.15) is 0 Å². The van der Waals surface area contributed by atoms with Gasteiger partial charge in [0.05, 0.1) is 31.2 Å². The van der Waals surface area contributed by atoms with Crippen LogP contribution in [0.1, 0.15) is 23.2 Å². The number of anilines is 1. The number of para-hydroxylation sites is 2. The number of fused-ring (bicyclic) bond motifs is 2. The van der Waals surface area contributed by atoms with Crippen LogP contribution >= 0.6 is 11.3 Å². The molecule has 7 nitrogen and oxygen atoms in total. The van der Waals surface area contributed by atoms with Crippen LogP contribution in [0.25, 0.3) is 21.2 Å². The Kier molecular flexibility index (Phi) is 5.28. The molecule has 8 heteroatoms. The van der Waals surface area contributed by atoms with Crippen LogP contribution in [-0.4, -0.2) is 24.6 Å². The summed E-state index contributed by atoms with van der Waals surface area (Å²) in [5.74, 6) is 1.77. The first-order valence-corrected chi connectivity index (χ1v) is 10.9. The zero-order valence-electron chi connectivity index (χ0n) is 17.5. The van der Waals surface area contributed by atoms with Crippen LogP contribution in [-0.2, 0) is 6.54 Å². The Bertz CT molecular complexity index is 1390. The topological polar surface area (TPSA) is 77.9 Å². The zero-order chi connectivity index (χ0) is 22.1. The van der Waals surface area contributed by atoms with E-state index in [9.17, 15) is 4.79 Å². The summed E-state index contributed by atoms with van der Waals surface area (Å²) in [6, 6.07) is 16.6. The third-order valence-electron chi connectivity index (χ3n) is 4.98. The van der Waals surface area contributed by atoms with Crippen molar-refractivity contribution in [2.75, 3.05) is 18.6 Å². The van der Waals surface area contributed by atoms with Crippen LogP contribution in [0.15, 0.2) is 69.7 Å². The second-order valence-electron chi connectivity index (χ2n) is 6.99. The molecule has 0 aliphatic heterocycles. The monoisotopic (exact) mass is 448 g/mol. The van der Waals surface area contributed by atoms with Crippen molar-refractivity contribution < 1.29 is 23.1 Å². The number of carbonyl (C=O) groups excluding carboxylic acids is 1. The maximum Gasteiger partial charge on any atom is 0.296 e. The number of methoxy groups -OCH3 is 1. The lowest BCUT2D eigenvalue weighted by atomic mass is 10.2. The maximum atomic E-state index is 13.6. The molecule has 0 unspecified atom stereocenters. The lowest BCUT2D eigenvalue weighted by Gasteiger charge is -2.17. The maximum absolute atomic E-state index is 13.6. The van der Waals surface area contributed by atoms with Gasteiger partial charge in [0.1, 0.15) is 17.0 Å². The molecule has 0 radical (unpaired) electrons. The second kappa shape index (κ2) is 8.39. The molecule has 0 N–H and O–H groups in total. The number of furan rings is 2. The standard InChI is InChI=1S/C24H20N2O5S/c1-3-29-18-10-4-7-15-13-19(31-22(15)18)23(27)26(14-16-8-6-12-30-16)24-25-21-17(28-2)9-5-11-20(21)32-24/h4-13H,3,14H2,1-2H3. The Labute approximate surface area is 187 Å². The number of rotatable bonds is 7. The van der Waals surface area contributed by atoms with Crippen LogP contribution in [0.2, 0.25) is 0 Å². The van der Waals surface area contributed by atoms with E-state index in [2.05, 4.69) is 0 Å². The summed E-state index contributed by atoms with van der Waals surface area (Å²) in [4.78, 5) is 19.9. The zero-order valence-corrected chi connectivity index (χ0v) is 18.3. The lowest BCUT2D eigenvalue weighted by Crippen LogP contribution is -2.29. The van der Waals surface area contributed by atoms with Crippen molar-refractivity contribution >= 4 is 43.6 Å². The number of ether oxygens (including phenoxy) is 2. The van der Waals surface area contributed by atoms with Gasteiger partial charge in [-0.3, -0.25) is 9.69 Å². The molecular weight excluding hydrogens is 428 g/mol. The summed E-state index contributed by atoms with van der Waals surface area (Å²) in [5.41, 5.74) is 1.25. The Balaban J connectivity index is 1.59. The van der Waals surface area contributed by atoms with E-state index in [1.807, 2.05) is 49.4 Å². The minimum absolute atomic E-state index is 0.199. The van der Waals surface area contributed by atoms with Gasteiger partial charge in [-0.15, -0.1) is 0 Å². The van der Waals surface area contributed by atoms with Gasteiger partial charge in [-0.05, 0) is 43.3 Å². The molecule has 0 aliphatic carbocycles. The van der Waals surface area contributed by atoms with Crippen LogP contribution < -0.4 is 14.4 Å². The van der Waals surface area contributed by atoms with E-state index in [1.165, 1.54) is 11.3 Å². The Hall–Kier alpha value is -3.78. The van der Waals surface area contributed by atoms with Crippen molar-refractivity contribution in [2.45, 2.75) is 13.5 Å². The minimum atomic E-state index is -0.321. The van der Waals surface area contributed by atoms with Crippen molar-refractivity contribution in [1.82, 2.24) is 4.98 Å². The van der Waals surface area contributed by atoms with Crippen molar-refractivity contribution in [3.8, 4) is 11.5 Å². The Morgan fingerprint density at radius 2 is 1.97 bits per heavy atom. The number of amides is 1. The van der Waals surface area contributed by atoms with Gasteiger partial charge in [0.15, 0.2) is 22.2 Å². The summed E-state index contributed by atoms with van der Waals surface area (Å²) in [5, 5.41) is 1.32. The number of aromatic nitrogens is 1. The smallest absolute Gasteiger partial charge is 0.296 e. The van der Waals surface area contributed by atoms with Gasteiger partial charge in [0, 0.05) is 5.39 Å². The van der Waals surface area contributed by atoms with Crippen LogP contribution in [0.4, 0.5) is 5.13 Å². The van der Waals surface area contributed by atoms with Crippen molar-refractivity contribution in [1.29, 1.82) is 0 Å². The van der Waals surface area contributed by atoms with E-state index in [0.29, 0.717) is 40.1 Å². The highest BCUT2D eigenvalue weighted by Gasteiger charge is 2.26. The van der Waals surface area contributed by atoms with Crippen LogP contribution in [0.3, 0.4) is 0 Å². The fourth-order valence-electron chi connectivity index (χ4n) is 3.52. The van der Waals surface area contributed by atoms with Crippen molar-refractivity contribution in [3.05, 3.63) is 72.4 Å². The summed E-state index contributed by atoms with van der Waals surface area (Å²) >= 11 is 1.40. The molecule has 162 valence electrons. The van der Waals surface area contributed by atoms with Gasteiger partial charge >= 0.3 is 0 Å². The molecule has 5 rings (SSSR count). The third-order valence-corrected chi connectivity index (χ3v) is 6.02. The fourth-order valence-corrected chi connectivity index (χ4v) is 4.50. The van der Waals surface area contributed by atoms with Gasteiger partial charge in [0.25, 0.3) is 5.91 Å². The number of hydrogen-bond acceptors (Lipinski definition) is 7. The Morgan fingerprint density at radius 3 is 2.75 bits per heavy atom. The molecule has 3 aromatic heterocycles. The molecule has 3 heterocycles. The van der Waals surface area contributed by atoms with E-state index < -0.39 is 0 Å². The van der Waals surface area contributed by atoms with Gasteiger partial charge < -0.3 is 18.3 Å². The average molecular weight is 449 g/mol. The summed E-state index contributed by atoms with van der Waals surface area (Å²) in [6.07, 6.45) is 1.58. The molecule has 0 bridgehead atoms. The average Bonchev–Trinajstić information content (AvgIpc) is 3.56. The second-order valence-corrected chi connectivity index (χ2v) is 8.00. The lowest BCUT2D eigenvalue weighted by molar-refractivity contribution is 0.0958. The molecular formula is C24H20N2O5S. The van der Waals surface area contributed by atoms with E-state index in [1.54, 1.807) is 30.4 Å². The fraction of sp³-hybridized carbons (Fsp3) is 0.167. The summed E-state index contributed by atoms with van der Waals surface area (Å²) < 4.78 is 23.5. The van der Waals surface area contributed by atoms with E-state index in [0.717, 1.165) is 10.1 Å². The molecule has 0 spiro atoms. The first-order valence-electron chi connectivity index (χ1n) is 10.1. The first kappa shape index (κ1) is 20.1. The van der Waals surface area contributed by atoms with Gasteiger partial charge in [-0.25, -0.2) is 4.98 Å². The quantitative estimate of drug-likeness (QED) is 0.309. The predicted octanol–water partition coefficient (Wildman–Crippen LogP) is 5.89. The normalized spacial score (nSPS) is 11.2. The molecule has 0 fully saturated rings. The highest BCUT2D eigenvalue weighted by molar-refractivity contribution is 7.22. The molecule has 1 amide bonds. The molecule has 32 heavy (non-hydrogen) atoms. The predicted molar refractivity (Wildman–Crippen MR) is 123 cm³/mol. The minimum Gasteiger partial charge on any atom is -0.494 e. The molecule has 0 saturated heterocycles.